The first-order valence-corrected chi connectivity index (χ1v) is 8.81. The number of nitrogens with zero attached hydrogens (tertiary/aromatic N) is 2. The second kappa shape index (κ2) is 6.15. The molecule has 0 heterocycles. The van der Waals surface area contributed by atoms with E-state index in [1.807, 2.05) is 19.1 Å². The summed E-state index contributed by atoms with van der Waals surface area (Å²) in [6.07, 6.45) is 0. The number of aryl methyl sites for hydroxylation is 1. The summed E-state index contributed by atoms with van der Waals surface area (Å²) in [6.45, 7) is 1.87. The minimum atomic E-state index is -3.93. The molecule has 8 heteroatoms. The van der Waals surface area contributed by atoms with Gasteiger partial charge in [0.25, 0.3) is 0 Å². The lowest BCUT2D eigenvalue weighted by Gasteiger charge is -2.07. The summed E-state index contributed by atoms with van der Waals surface area (Å²) in [5.74, 6) is -0.305. The van der Waals surface area contributed by atoms with Crippen LogP contribution in [0.1, 0.15) is 5.56 Å². The average molecular weight is 357 g/mol. The molecule has 0 atom stereocenters. The molecule has 128 valence electrons. The average Bonchev–Trinajstić information content (AvgIpc) is 2.57. The SMILES string of the molecule is Cc1cc(N=Nc2cc(S(N)(=O)=O)ccc2O)c(O)c2ccccc12. The van der Waals surface area contributed by atoms with E-state index < -0.39 is 10.0 Å². The fourth-order valence-corrected chi connectivity index (χ4v) is 3.00. The molecule has 0 radical (unpaired) electrons. The number of primary sulfonamides is 1. The van der Waals surface area contributed by atoms with E-state index in [0.717, 1.165) is 17.0 Å². The number of phenols is 2. The van der Waals surface area contributed by atoms with E-state index in [1.54, 1.807) is 18.2 Å². The normalized spacial score (nSPS) is 12.1. The van der Waals surface area contributed by atoms with Crippen LogP contribution in [0.15, 0.2) is 63.7 Å². The van der Waals surface area contributed by atoms with Crippen LogP contribution in [-0.4, -0.2) is 18.6 Å². The Balaban J connectivity index is 2.09. The minimum Gasteiger partial charge on any atom is -0.506 e. The van der Waals surface area contributed by atoms with Crippen molar-refractivity contribution in [3.63, 3.8) is 0 Å². The van der Waals surface area contributed by atoms with E-state index in [0.29, 0.717) is 5.39 Å². The largest absolute Gasteiger partial charge is 0.506 e. The zero-order valence-corrected chi connectivity index (χ0v) is 14.0. The van der Waals surface area contributed by atoms with Gasteiger partial charge in [0.15, 0.2) is 5.75 Å². The van der Waals surface area contributed by atoms with E-state index in [4.69, 9.17) is 5.14 Å². The van der Waals surface area contributed by atoms with Gasteiger partial charge in [-0.25, -0.2) is 13.6 Å². The van der Waals surface area contributed by atoms with Gasteiger partial charge in [0, 0.05) is 5.39 Å². The third kappa shape index (κ3) is 3.30. The highest BCUT2D eigenvalue weighted by molar-refractivity contribution is 7.89. The summed E-state index contributed by atoms with van der Waals surface area (Å²) in [5.41, 5.74) is 1.03. The number of hydrogen-bond acceptors (Lipinski definition) is 6. The number of benzene rings is 3. The molecule has 4 N–H and O–H groups in total. The molecule has 0 aliphatic rings. The van der Waals surface area contributed by atoms with Crippen molar-refractivity contribution in [1.82, 2.24) is 0 Å². The maximum absolute atomic E-state index is 11.4. The predicted octanol–water partition coefficient (Wildman–Crippen LogP) is 3.62. The van der Waals surface area contributed by atoms with E-state index in [2.05, 4.69) is 10.2 Å². The van der Waals surface area contributed by atoms with Crippen LogP contribution in [0.25, 0.3) is 10.8 Å². The number of nitrogens with two attached hydrogens (primary N) is 1. The van der Waals surface area contributed by atoms with Gasteiger partial charge in [-0.2, -0.15) is 0 Å². The van der Waals surface area contributed by atoms with E-state index in [1.165, 1.54) is 12.1 Å². The number of aromatic hydroxyl groups is 2. The first kappa shape index (κ1) is 16.9. The lowest BCUT2D eigenvalue weighted by molar-refractivity contribution is 0.475. The molecule has 3 aromatic carbocycles. The fourth-order valence-electron chi connectivity index (χ4n) is 2.47. The molecule has 0 saturated heterocycles. The van der Waals surface area contributed by atoms with Crippen LogP contribution in [-0.2, 0) is 10.0 Å². The molecule has 3 aromatic rings. The van der Waals surface area contributed by atoms with Crippen molar-refractivity contribution in [2.24, 2.45) is 15.4 Å². The second-order valence-corrected chi connectivity index (χ2v) is 7.06. The van der Waals surface area contributed by atoms with Gasteiger partial charge >= 0.3 is 0 Å². The highest BCUT2D eigenvalue weighted by Gasteiger charge is 2.12. The standard InChI is InChI=1S/C17H15N3O4S/c1-10-8-15(17(22)13-5-3-2-4-12(10)13)20-19-14-9-11(25(18,23)24)6-7-16(14)21/h2-9,21-22H,1H3,(H2,18,23,24). The first-order chi connectivity index (χ1) is 11.8. The van der Waals surface area contributed by atoms with Crippen molar-refractivity contribution >= 4 is 32.2 Å². The molecular weight excluding hydrogens is 342 g/mol. The van der Waals surface area contributed by atoms with E-state index in [9.17, 15) is 18.6 Å². The van der Waals surface area contributed by atoms with Crippen molar-refractivity contribution in [3.05, 3.63) is 54.1 Å². The van der Waals surface area contributed by atoms with Crippen LogP contribution in [0, 0.1) is 6.92 Å². The first-order valence-electron chi connectivity index (χ1n) is 7.26. The van der Waals surface area contributed by atoms with Gasteiger partial charge in [-0.05, 0) is 42.1 Å². The summed E-state index contributed by atoms with van der Waals surface area (Å²) in [4.78, 5) is -0.196. The molecule has 0 aromatic heterocycles. The number of sulfonamides is 1. The third-order valence-corrected chi connectivity index (χ3v) is 4.65. The van der Waals surface area contributed by atoms with Crippen LogP contribution in [0.2, 0.25) is 0 Å². The van der Waals surface area contributed by atoms with Gasteiger partial charge in [-0.15, -0.1) is 10.2 Å². The van der Waals surface area contributed by atoms with Crippen LogP contribution >= 0.6 is 0 Å². The Morgan fingerprint density at radius 1 is 0.920 bits per heavy atom. The van der Waals surface area contributed by atoms with Gasteiger partial charge in [0.2, 0.25) is 10.0 Å². The van der Waals surface area contributed by atoms with Gasteiger partial charge in [0.1, 0.15) is 17.1 Å². The molecule has 0 saturated carbocycles. The van der Waals surface area contributed by atoms with Crippen LogP contribution in [0.4, 0.5) is 11.4 Å². The molecule has 0 aliphatic carbocycles. The lowest BCUT2D eigenvalue weighted by Crippen LogP contribution is -2.11. The quantitative estimate of drug-likeness (QED) is 0.619. The Morgan fingerprint density at radius 3 is 2.24 bits per heavy atom. The topological polar surface area (TPSA) is 125 Å². The van der Waals surface area contributed by atoms with Crippen molar-refractivity contribution in [3.8, 4) is 11.5 Å². The number of hydrogen-bond donors (Lipinski definition) is 3. The predicted molar refractivity (Wildman–Crippen MR) is 94.0 cm³/mol. The molecule has 0 bridgehead atoms. The van der Waals surface area contributed by atoms with Crippen LogP contribution in [0.3, 0.4) is 0 Å². The van der Waals surface area contributed by atoms with Crippen molar-refractivity contribution in [2.45, 2.75) is 11.8 Å². The van der Waals surface area contributed by atoms with Gasteiger partial charge in [-0.3, -0.25) is 0 Å². The summed E-state index contributed by atoms with van der Waals surface area (Å²) in [6, 6.07) is 12.4. The highest BCUT2D eigenvalue weighted by Crippen LogP contribution is 2.38. The second-order valence-electron chi connectivity index (χ2n) is 5.50. The zero-order chi connectivity index (χ0) is 18.2. The fraction of sp³-hybridized carbons (Fsp3) is 0.0588. The summed E-state index contributed by atoms with van der Waals surface area (Å²) < 4.78 is 22.8. The molecule has 25 heavy (non-hydrogen) atoms. The van der Waals surface area contributed by atoms with Crippen molar-refractivity contribution in [2.75, 3.05) is 0 Å². The Kier molecular flexibility index (Phi) is 4.15. The molecular formula is C17H15N3O4S. The molecule has 3 rings (SSSR count). The zero-order valence-electron chi connectivity index (χ0n) is 13.2. The van der Waals surface area contributed by atoms with Crippen molar-refractivity contribution in [1.29, 1.82) is 0 Å². The number of phenolic OH excluding ortho intramolecular Hbond substituents is 2. The summed E-state index contributed by atoms with van der Waals surface area (Å²) in [5, 5.41) is 34.6. The van der Waals surface area contributed by atoms with Crippen molar-refractivity contribution < 1.29 is 18.6 Å². The molecule has 0 aliphatic heterocycles. The molecule has 0 amide bonds. The lowest BCUT2D eigenvalue weighted by atomic mass is 10.0. The Hall–Kier alpha value is -2.97. The number of rotatable bonds is 3. The van der Waals surface area contributed by atoms with Crippen LogP contribution < -0.4 is 5.14 Å². The minimum absolute atomic E-state index is 0.0490. The molecule has 7 nitrogen and oxygen atoms in total. The maximum Gasteiger partial charge on any atom is 0.238 e. The van der Waals surface area contributed by atoms with Gasteiger partial charge in [0.05, 0.1) is 4.90 Å². The molecule has 0 unspecified atom stereocenters. The Bertz CT molecular complexity index is 1110. The maximum atomic E-state index is 11.4. The Labute approximate surface area is 144 Å². The summed E-state index contributed by atoms with van der Waals surface area (Å²) in [7, 11) is -3.93. The smallest absolute Gasteiger partial charge is 0.238 e. The van der Waals surface area contributed by atoms with Gasteiger partial charge < -0.3 is 10.2 Å². The number of azo groups is 1. The third-order valence-electron chi connectivity index (χ3n) is 3.74. The van der Waals surface area contributed by atoms with Crippen LogP contribution in [0.5, 0.6) is 11.5 Å². The highest BCUT2D eigenvalue weighted by atomic mass is 32.2. The van der Waals surface area contributed by atoms with E-state index in [-0.39, 0.29) is 27.8 Å². The number of fused-ring (bicyclic) bond motifs is 1. The van der Waals surface area contributed by atoms with E-state index >= 15 is 0 Å². The van der Waals surface area contributed by atoms with Gasteiger partial charge in [-0.1, -0.05) is 24.3 Å². The molecule has 0 spiro atoms. The summed E-state index contributed by atoms with van der Waals surface area (Å²) >= 11 is 0. The molecule has 0 fully saturated rings. The Morgan fingerprint density at radius 2 is 1.56 bits per heavy atom. The monoisotopic (exact) mass is 357 g/mol.